The Balaban J connectivity index is 2.41. The molecule has 0 aliphatic heterocycles. The summed E-state index contributed by atoms with van der Waals surface area (Å²) in [7, 11) is 1.90. The molecule has 0 radical (unpaired) electrons. The second-order valence-electron chi connectivity index (χ2n) is 3.63. The topological polar surface area (TPSA) is 24.9 Å². The predicted octanol–water partition coefficient (Wildman–Crippen LogP) is 2.90. The van der Waals surface area contributed by atoms with Crippen LogP contribution in [0.1, 0.15) is 22.0 Å². The summed E-state index contributed by atoms with van der Waals surface area (Å²) in [4.78, 5) is 5.20. The lowest BCUT2D eigenvalue weighted by Crippen LogP contribution is -2.17. The summed E-state index contributed by atoms with van der Waals surface area (Å²) in [6.07, 6.45) is 1.84. The summed E-state index contributed by atoms with van der Waals surface area (Å²) in [6.45, 7) is 1.92. The highest BCUT2D eigenvalue weighted by atomic mass is 32.1. The van der Waals surface area contributed by atoms with Crippen molar-refractivity contribution in [3.63, 3.8) is 0 Å². The molecule has 1 unspecified atom stereocenters. The number of nitrogens with one attached hydrogen (secondary N) is 1. The van der Waals surface area contributed by atoms with Crippen molar-refractivity contribution >= 4 is 11.3 Å². The number of rotatable bonds is 3. The Bertz CT molecular complexity index is 468. The van der Waals surface area contributed by atoms with Gasteiger partial charge in [0.25, 0.3) is 0 Å². The lowest BCUT2D eigenvalue weighted by Gasteiger charge is -2.17. The number of thiazole rings is 1. The molecule has 0 saturated heterocycles. The summed E-state index contributed by atoms with van der Waals surface area (Å²) in [5.41, 5.74) is 3.85. The molecule has 2 rings (SSSR count). The maximum atomic E-state index is 13.0. The van der Waals surface area contributed by atoms with E-state index in [1.807, 2.05) is 26.2 Å². The van der Waals surface area contributed by atoms with Gasteiger partial charge in [0.05, 0.1) is 11.6 Å². The molecule has 0 saturated carbocycles. The molecule has 0 fully saturated rings. The van der Waals surface area contributed by atoms with Crippen LogP contribution in [0.3, 0.4) is 0 Å². The Hall–Kier alpha value is -1.26. The fraction of sp³-hybridized carbons (Fsp3) is 0.250. The van der Waals surface area contributed by atoms with Gasteiger partial charge in [0, 0.05) is 11.1 Å². The molecule has 1 N–H and O–H groups in total. The quantitative estimate of drug-likeness (QED) is 0.886. The van der Waals surface area contributed by atoms with Crippen LogP contribution in [-0.4, -0.2) is 12.0 Å². The van der Waals surface area contributed by atoms with Crippen LogP contribution in [0.5, 0.6) is 0 Å². The molecule has 0 aliphatic carbocycles. The van der Waals surface area contributed by atoms with Gasteiger partial charge in [0.15, 0.2) is 0 Å². The van der Waals surface area contributed by atoms with Crippen molar-refractivity contribution in [2.45, 2.75) is 13.0 Å². The molecule has 2 aromatic rings. The van der Waals surface area contributed by atoms with E-state index in [-0.39, 0.29) is 11.9 Å². The maximum Gasteiger partial charge on any atom is 0.123 e. The Morgan fingerprint density at radius 2 is 2.25 bits per heavy atom. The molecule has 0 spiro atoms. The zero-order chi connectivity index (χ0) is 11.5. The van der Waals surface area contributed by atoms with Gasteiger partial charge < -0.3 is 5.32 Å². The molecule has 84 valence electrons. The molecule has 0 bridgehead atoms. The number of nitrogens with zero attached hydrogens (tertiary/aromatic N) is 1. The predicted molar refractivity (Wildman–Crippen MR) is 64.2 cm³/mol. The number of hydrogen-bond donors (Lipinski definition) is 1. The van der Waals surface area contributed by atoms with Crippen molar-refractivity contribution in [1.82, 2.24) is 10.3 Å². The molecular weight excluding hydrogens is 223 g/mol. The van der Waals surface area contributed by atoms with Crippen molar-refractivity contribution in [2.75, 3.05) is 7.05 Å². The van der Waals surface area contributed by atoms with E-state index in [1.54, 1.807) is 22.9 Å². The van der Waals surface area contributed by atoms with Crippen molar-refractivity contribution in [1.29, 1.82) is 0 Å². The zero-order valence-corrected chi connectivity index (χ0v) is 10.0. The van der Waals surface area contributed by atoms with E-state index in [0.29, 0.717) is 0 Å². The Morgan fingerprint density at radius 1 is 1.44 bits per heavy atom. The van der Waals surface area contributed by atoms with Crippen molar-refractivity contribution in [2.24, 2.45) is 0 Å². The molecule has 1 aromatic heterocycles. The first-order valence-electron chi connectivity index (χ1n) is 5.04. The summed E-state index contributed by atoms with van der Waals surface area (Å²) in [5.74, 6) is -0.194. The summed E-state index contributed by atoms with van der Waals surface area (Å²) >= 11 is 1.60. The molecule has 16 heavy (non-hydrogen) atoms. The van der Waals surface area contributed by atoms with E-state index in [0.717, 1.165) is 16.0 Å². The van der Waals surface area contributed by atoms with E-state index in [2.05, 4.69) is 10.3 Å². The summed E-state index contributed by atoms with van der Waals surface area (Å²) in [5, 5.41) is 3.23. The van der Waals surface area contributed by atoms with Crippen LogP contribution in [0.4, 0.5) is 4.39 Å². The fourth-order valence-corrected chi connectivity index (χ4v) is 2.53. The number of hydrogen-bond acceptors (Lipinski definition) is 3. The Kier molecular flexibility index (Phi) is 3.31. The third-order valence-electron chi connectivity index (χ3n) is 2.57. The minimum Gasteiger partial charge on any atom is -0.309 e. The van der Waals surface area contributed by atoms with Gasteiger partial charge in [-0.1, -0.05) is 6.07 Å². The number of halogens is 1. The highest BCUT2D eigenvalue weighted by Gasteiger charge is 2.15. The van der Waals surface area contributed by atoms with Gasteiger partial charge in [-0.25, -0.2) is 4.39 Å². The second-order valence-corrected chi connectivity index (χ2v) is 4.54. The number of aryl methyl sites for hydroxylation is 1. The molecular formula is C12H13FN2S. The van der Waals surface area contributed by atoms with E-state index >= 15 is 0 Å². The third kappa shape index (κ3) is 2.13. The van der Waals surface area contributed by atoms with Crippen LogP contribution in [0.15, 0.2) is 29.9 Å². The first kappa shape index (κ1) is 11.2. The smallest absolute Gasteiger partial charge is 0.123 e. The molecule has 1 atom stereocenters. The molecule has 1 aromatic carbocycles. The van der Waals surface area contributed by atoms with Crippen molar-refractivity contribution < 1.29 is 4.39 Å². The first-order valence-corrected chi connectivity index (χ1v) is 5.92. The van der Waals surface area contributed by atoms with Gasteiger partial charge in [0.1, 0.15) is 5.82 Å². The normalized spacial score (nSPS) is 12.7. The minimum atomic E-state index is -0.194. The maximum absolute atomic E-state index is 13.0. The number of benzene rings is 1. The van der Waals surface area contributed by atoms with E-state index in [9.17, 15) is 4.39 Å². The molecule has 2 nitrogen and oxygen atoms in total. The highest BCUT2D eigenvalue weighted by molar-refractivity contribution is 7.09. The van der Waals surface area contributed by atoms with Gasteiger partial charge in [-0.15, -0.1) is 11.3 Å². The van der Waals surface area contributed by atoms with Crippen molar-refractivity contribution in [3.05, 3.63) is 51.7 Å². The fourth-order valence-electron chi connectivity index (χ4n) is 1.78. The van der Waals surface area contributed by atoms with Crippen LogP contribution < -0.4 is 5.32 Å². The van der Waals surface area contributed by atoms with Gasteiger partial charge in [-0.2, -0.15) is 0 Å². The lowest BCUT2D eigenvalue weighted by molar-refractivity contribution is 0.622. The van der Waals surface area contributed by atoms with E-state index < -0.39 is 0 Å². The zero-order valence-electron chi connectivity index (χ0n) is 9.20. The average molecular weight is 236 g/mol. The lowest BCUT2D eigenvalue weighted by atomic mass is 10.0. The first-order chi connectivity index (χ1) is 7.72. The number of aromatic nitrogens is 1. The van der Waals surface area contributed by atoms with Crippen LogP contribution in [0.2, 0.25) is 0 Å². The van der Waals surface area contributed by atoms with Crippen LogP contribution in [0, 0.1) is 12.7 Å². The molecule has 0 aliphatic rings. The van der Waals surface area contributed by atoms with Gasteiger partial charge in [0.2, 0.25) is 0 Å². The van der Waals surface area contributed by atoms with E-state index in [1.165, 1.54) is 6.07 Å². The van der Waals surface area contributed by atoms with Crippen LogP contribution in [0.25, 0.3) is 0 Å². The van der Waals surface area contributed by atoms with Crippen molar-refractivity contribution in [3.8, 4) is 0 Å². The van der Waals surface area contributed by atoms with Crippen LogP contribution in [-0.2, 0) is 0 Å². The monoisotopic (exact) mass is 236 g/mol. The second kappa shape index (κ2) is 4.72. The molecule has 4 heteroatoms. The highest BCUT2D eigenvalue weighted by Crippen LogP contribution is 2.27. The minimum absolute atomic E-state index is 0.0908. The Morgan fingerprint density at radius 3 is 2.81 bits per heavy atom. The largest absolute Gasteiger partial charge is 0.309 e. The summed E-state index contributed by atoms with van der Waals surface area (Å²) in [6, 6.07) is 4.97. The van der Waals surface area contributed by atoms with Gasteiger partial charge in [-0.05, 0) is 37.2 Å². The standard InChI is InChI=1S/C12H13FN2S/c1-8-5-9(13)3-4-10(8)12(14-2)11-6-15-7-16-11/h3-7,12,14H,1-2H3. The molecule has 1 heterocycles. The van der Waals surface area contributed by atoms with Crippen LogP contribution >= 0.6 is 11.3 Å². The average Bonchev–Trinajstić information content (AvgIpc) is 2.75. The summed E-state index contributed by atoms with van der Waals surface area (Å²) < 4.78 is 13.0. The van der Waals surface area contributed by atoms with E-state index in [4.69, 9.17) is 0 Å². The molecule has 0 amide bonds. The third-order valence-corrected chi connectivity index (χ3v) is 3.41. The Labute approximate surface area is 98.2 Å². The van der Waals surface area contributed by atoms with Gasteiger partial charge in [-0.3, -0.25) is 4.98 Å². The SMILES string of the molecule is CNC(c1cncs1)c1ccc(F)cc1C. The van der Waals surface area contributed by atoms with Gasteiger partial charge >= 0.3 is 0 Å².